The standard InChI is InChI=1S/C11H17NO2/c1-4-14-11(13)9-5-7-10(8-6-9)12(2)3/h5,7H,4,6,8H2,1-3H3. The maximum atomic E-state index is 11.3. The molecule has 0 saturated carbocycles. The maximum absolute atomic E-state index is 11.3. The highest BCUT2D eigenvalue weighted by molar-refractivity contribution is 5.89. The second kappa shape index (κ2) is 4.84. The predicted molar refractivity (Wildman–Crippen MR) is 55.7 cm³/mol. The predicted octanol–water partition coefficient (Wildman–Crippen LogP) is 1.72. The van der Waals surface area contributed by atoms with Crippen LogP contribution in [0.4, 0.5) is 0 Å². The summed E-state index contributed by atoms with van der Waals surface area (Å²) in [5, 5.41) is 0. The van der Waals surface area contributed by atoms with Gasteiger partial charge in [-0.3, -0.25) is 0 Å². The fourth-order valence-electron chi connectivity index (χ4n) is 1.39. The molecule has 0 atom stereocenters. The quantitative estimate of drug-likeness (QED) is 0.642. The minimum atomic E-state index is -0.179. The van der Waals surface area contributed by atoms with Crippen LogP contribution in [-0.2, 0) is 9.53 Å². The monoisotopic (exact) mass is 195 g/mol. The fraction of sp³-hybridized carbons (Fsp3) is 0.545. The number of allylic oxidation sites excluding steroid dienone is 3. The molecule has 1 aliphatic carbocycles. The molecule has 0 aromatic carbocycles. The molecule has 0 aromatic rings. The Morgan fingerprint density at radius 3 is 2.57 bits per heavy atom. The molecule has 0 bridgehead atoms. The molecule has 0 radical (unpaired) electrons. The van der Waals surface area contributed by atoms with E-state index in [1.807, 2.05) is 33.2 Å². The summed E-state index contributed by atoms with van der Waals surface area (Å²) in [4.78, 5) is 13.4. The second-order valence-electron chi connectivity index (χ2n) is 3.46. The molecule has 1 rings (SSSR count). The summed E-state index contributed by atoms with van der Waals surface area (Å²) in [5.41, 5.74) is 2.02. The summed E-state index contributed by atoms with van der Waals surface area (Å²) in [6.07, 6.45) is 5.53. The summed E-state index contributed by atoms with van der Waals surface area (Å²) in [6.45, 7) is 2.27. The Hall–Kier alpha value is -1.25. The van der Waals surface area contributed by atoms with E-state index in [-0.39, 0.29) is 5.97 Å². The number of hydrogen-bond donors (Lipinski definition) is 0. The topological polar surface area (TPSA) is 29.5 Å². The van der Waals surface area contributed by atoms with Gasteiger partial charge in [-0.2, -0.15) is 0 Å². The number of carbonyl (C=O) groups excluding carboxylic acids is 1. The van der Waals surface area contributed by atoms with Gasteiger partial charge in [0.05, 0.1) is 6.61 Å². The first-order valence-electron chi connectivity index (χ1n) is 4.89. The van der Waals surface area contributed by atoms with Crippen molar-refractivity contribution >= 4 is 5.97 Å². The Balaban J connectivity index is 2.64. The van der Waals surface area contributed by atoms with Crippen LogP contribution < -0.4 is 0 Å². The summed E-state index contributed by atoms with van der Waals surface area (Å²) < 4.78 is 4.93. The second-order valence-corrected chi connectivity index (χ2v) is 3.46. The highest BCUT2D eigenvalue weighted by Gasteiger charge is 2.14. The van der Waals surface area contributed by atoms with Gasteiger partial charge in [0.25, 0.3) is 0 Å². The Kier molecular flexibility index (Phi) is 3.74. The van der Waals surface area contributed by atoms with Crippen LogP contribution >= 0.6 is 0 Å². The van der Waals surface area contributed by atoms with Crippen LogP contribution in [0.25, 0.3) is 0 Å². The van der Waals surface area contributed by atoms with E-state index < -0.39 is 0 Å². The van der Waals surface area contributed by atoms with Crippen molar-refractivity contribution in [2.24, 2.45) is 0 Å². The van der Waals surface area contributed by atoms with Gasteiger partial charge in [-0.15, -0.1) is 0 Å². The molecule has 0 saturated heterocycles. The molecule has 0 N–H and O–H groups in total. The summed E-state index contributed by atoms with van der Waals surface area (Å²) >= 11 is 0. The van der Waals surface area contributed by atoms with Gasteiger partial charge < -0.3 is 9.64 Å². The van der Waals surface area contributed by atoms with E-state index in [0.29, 0.717) is 6.61 Å². The summed E-state index contributed by atoms with van der Waals surface area (Å²) in [7, 11) is 4.02. The number of esters is 1. The van der Waals surface area contributed by atoms with Gasteiger partial charge >= 0.3 is 5.97 Å². The molecule has 0 aromatic heterocycles. The first-order valence-corrected chi connectivity index (χ1v) is 4.89. The molecule has 0 fully saturated rings. The lowest BCUT2D eigenvalue weighted by Gasteiger charge is -2.20. The third-order valence-electron chi connectivity index (χ3n) is 2.24. The van der Waals surface area contributed by atoms with E-state index in [9.17, 15) is 4.79 Å². The number of carbonyl (C=O) groups is 1. The van der Waals surface area contributed by atoms with Crippen molar-refractivity contribution in [3.05, 3.63) is 23.4 Å². The van der Waals surface area contributed by atoms with Crippen LogP contribution in [0.15, 0.2) is 23.4 Å². The summed E-state index contributed by atoms with van der Waals surface area (Å²) in [5.74, 6) is -0.179. The Labute approximate surface area is 85.0 Å². The summed E-state index contributed by atoms with van der Waals surface area (Å²) in [6, 6.07) is 0. The van der Waals surface area contributed by atoms with Crippen molar-refractivity contribution in [1.29, 1.82) is 0 Å². The molecular weight excluding hydrogens is 178 g/mol. The Morgan fingerprint density at radius 1 is 1.43 bits per heavy atom. The van der Waals surface area contributed by atoms with Crippen LogP contribution in [0.1, 0.15) is 19.8 Å². The number of hydrogen-bond acceptors (Lipinski definition) is 3. The van der Waals surface area contributed by atoms with Crippen molar-refractivity contribution < 1.29 is 9.53 Å². The molecule has 0 heterocycles. The third-order valence-corrected chi connectivity index (χ3v) is 2.24. The first-order chi connectivity index (χ1) is 6.65. The van der Waals surface area contributed by atoms with Gasteiger partial charge in [-0.1, -0.05) is 6.08 Å². The van der Waals surface area contributed by atoms with E-state index >= 15 is 0 Å². The zero-order valence-electron chi connectivity index (χ0n) is 9.04. The van der Waals surface area contributed by atoms with Crippen LogP contribution in [0.5, 0.6) is 0 Å². The number of rotatable bonds is 3. The highest BCUT2D eigenvalue weighted by atomic mass is 16.5. The zero-order chi connectivity index (χ0) is 10.6. The minimum Gasteiger partial charge on any atom is -0.463 e. The molecule has 3 heteroatoms. The largest absolute Gasteiger partial charge is 0.463 e. The van der Waals surface area contributed by atoms with Gasteiger partial charge in [0.15, 0.2) is 0 Å². The molecule has 0 spiro atoms. The Bertz CT molecular complexity index is 277. The molecule has 1 aliphatic rings. The van der Waals surface area contributed by atoms with E-state index in [0.717, 1.165) is 18.4 Å². The van der Waals surface area contributed by atoms with Crippen LogP contribution in [0.3, 0.4) is 0 Å². The SMILES string of the molecule is CCOC(=O)C1=CC=C(N(C)C)CC1. The van der Waals surface area contributed by atoms with E-state index in [2.05, 4.69) is 4.90 Å². The van der Waals surface area contributed by atoms with Crippen LogP contribution in [0, 0.1) is 0 Å². The van der Waals surface area contributed by atoms with Crippen molar-refractivity contribution in [2.75, 3.05) is 20.7 Å². The van der Waals surface area contributed by atoms with Crippen molar-refractivity contribution in [2.45, 2.75) is 19.8 Å². The van der Waals surface area contributed by atoms with E-state index in [1.165, 1.54) is 5.70 Å². The number of ether oxygens (including phenoxy) is 1. The van der Waals surface area contributed by atoms with E-state index in [4.69, 9.17) is 4.74 Å². The van der Waals surface area contributed by atoms with Gasteiger partial charge in [0.2, 0.25) is 0 Å². The van der Waals surface area contributed by atoms with E-state index in [1.54, 1.807) is 0 Å². The third kappa shape index (κ3) is 2.62. The lowest BCUT2D eigenvalue weighted by Crippen LogP contribution is -2.16. The average Bonchev–Trinajstić information content (AvgIpc) is 2.18. The van der Waals surface area contributed by atoms with Crippen LogP contribution in [0.2, 0.25) is 0 Å². The average molecular weight is 195 g/mol. The zero-order valence-corrected chi connectivity index (χ0v) is 9.04. The lowest BCUT2D eigenvalue weighted by atomic mass is 10.0. The first kappa shape index (κ1) is 10.8. The molecule has 78 valence electrons. The van der Waals surface area contributed by atoms with Gasteiger partial charge in [-0.25, -0.2) is 4.79 Å². The van der Waals surface area contributed by atoms with Gasteiger partial charge in [0, 0.05) is 25.4 Å². The number of nitrogens with zero attached hydrogens (tertiary/aromatic N) is 1. The fourth-order valence-corrected chi connectivity index (χ4v) is 1.39. The normalized spacial score (nSPS) is 15.6. The lowest BCUT2D eigenvalue weighted by molar-refractivity contribution is -0.138. The molecular formula is C11H17NO2. The van der Waals surface area contributed by atoms with Crippen molar-refractivity contribution in [3.8, 4) is 0 Å². The smallest absolute Gasteiger partial charge is 0.333 e. The van der Waals surface area contributed by atoms with Gasteiger partial charge in [0.1, 0.15) is 0 Å². The van der Waals surface area contributed by atoms with Crippen molar-refractivity contribution in [3.63, 3.8) is 0 Å². The highest BCUT2D eigenvalue weighted by Crippen LogP contribution is 2.20. The van der Waals surface area contributed by atoms with Gasteiger partial charge in [-0.05, 0) is 25.8 Å². The minimum absolute atomic E-state index is 0.179. The van der Waals surface area contributed by atoms with Crippen molar-refractivity contribution in [1.82, 2.24) is 4.90 Å². The molecule has 0 aliphatic heterocycles. The maximum Gasteiger partial charge on any atom is 0.333 e. The molecule has 14 heavy (non-hydrogen) atoms. The van der Waals surface area contributed by atoms with Crippen LogP contribution in [-0.4, -0.2) is 31.6 Å². The molecule has 3 nitrogen and oxygen atoms in total. The molecule has 0 amide bonds. The Morgan fingerprint density at radius 2 is 2.14 bits per heavy atom. The molecule has 0 unspecified atom stereocenters.